The molecule has 0 amide bonds. The summed E-state index contributed by atoms with van der Waals surface area (Å²) in [6.45, 7) is 2.31. The summed E-state index contributed by atoms with van der Waals surface area (Å²) >= 11 is 0. The van der Waals surface area contributed by atoms with E-state index >= 15 is 0 Å². The summed E-state index contributed by atoms with van der Waals surface area (Å²) in [5, 5.41) is 8.82. The van der Waals surface area contributed by atoms with Crippen LogP contribution in [0.15, 0.2) is 0 Å². The molecule has 2 nitrogen and oxygen atoms in total. The van der Waals surface area contributed by atoms with Crippen molar-refractivity contribution in [2.75, 3.05) is 14.1 Å². The third-order valence-electron chi connectivity index (χ3n) is 3.56. The molecular formula is C11H20N2. The summed E-state index contributed by atoms with van der Waals surface area (Å²) in [4.78, 5) is 2.25. The van der Waals surface area contributed by atoms with Gasteiger partial charge >= 0.3 is 0 Å². The van der Waals surface area contributed by atoms with Crippen LogP contribution in [0.3, 0.4) is 0 Å². The average molecular weight is 180 g/mol. The highest BCUT2D eigenvalue weighted by Crippen LogP contribution is 2.37. The Morgan fingerprint density at radius 3 is 2.31 bits per heavy atom. The molecule has 1 fully saturated rings. The molecule has 0 aromatic rings. The summed E-state index contributed by atoms with van der Waals surface area (Å²) in [6, 6.07) is 2.33. The second kappa shape index (κ2) is 4.11. The predicted octanol–water partition coefficient (Wildman–Crippen LogP) is 2.41. The van der Waals surface area contributed by atoms with Gasteiger partial charge < -0.3 is 4.90 Å². The molecule has 0 aromatic carbocycles. The van der Waals surface area contributed by atoms with Crippen LogP contribution in [-0.2, 0) is 0 Å². The van der Waals surface area contributed by atoms with Crippen LogP contribution in [0.1, 0.15) is 39.0 Å². The summed E-state index contributed by atoms with van der Waals surface area (Å²) in [6.07, 6.45) is 5.62. The van der Waals surface area contributed by atoms with Crippen molar-refractivity contribution in [2.45, 2.75) is 44.6 Å². The smallest absolute Gasteiger partial charge is 0.0641 e. The first-order valence-corrected chi connectivity index (χ1v) is 5.15. The third-order valence-corrected chi connectivity index (χ3v) is 3.56. The van der Waals surface area contributed by atoms with Crippen molar-refractivity contribution in [2.24, 2.45) is 5.92 Å². The van der Waals surface area contributed by atoms with Gasteiger partial charge in [0.1, 0.15) is 0 Å². The van der Waals surface area contributed by atoms with Gasteiger partial charge in [0.15, 0.2) is 0 Å². The van der Waals surface area contributed by atoms with Gasteiger partial charge in [-0.1, -0.05) is 6.92 Å². The Morgan fingerprint density at radius 1 is 1.38 bits per heavy atom. The number of hydrogen-bond acceptors (Lipinski definition) is 2. The molecule has 74 valence electrons. The molecular weight excluding hydrogens is 160 g/mol. The zero-order chi connectivity index (χ0) is 9.90. The highest BCUT2D eigenvalue weighted by atomic mass is 15.1. The predicted molar refractivity (Wildman–Crippen MR) is 54.3 cm³/mol. The second-order valence-corrected chi connectivity index (χ2v) is 4.64. The molecule has 0 aliphatic heterocycles. The van der Waals surface area contributed by atoms with E-state index < -0.39 is 0 Å². The van der Waals surface area contributed by atoms with E-state index in [9.17, 15) is 0 Å². The molecule has 0 unspecified atom stereocenters. The second-order valence-electron chi connectivity index (χ2n) is 4.64. The van der Waals surface area contributed by atoms with Crippen molar-refractivity contribution in [1.29, 1.82) is 5.26 Å². The highest BCUT2D eigenvalue weighted by Gasteiger charge is 2.35. The number of hydrogen-bond donors (Lipinski definition) is 0. The van der Waals surface area contributed by atoms with Crippen LogP contribution < -0.4 is 0 Å². The molecule has 0 atom stereocenters. The van der Waals surface area contributed by atoms with Gasteiger partial charge in [0.05, 0.1) is 12.5 Å². The minimum atomic E-state index is 0.182. The van der Waals surface area contributed by atoms with Crippen molar-refractivity contribution >= 4 is 0 Å². The van der Waals surface area contributed by atoms with Gasteiger partial charge in [0, 0.05) is 5.54 Å². The summed E-state index contributed by atoms with van der Waals surface area (Å²) < 4.78 is 0. The molecule has 1 aliphatic carbocycles. The quantitative estimate of drug-likeness (QED) is 0.652. The maximum Gasteiger partial charge on any atom is 0.0641 e. The van der Waals surface area contributed by atoms with Crippen molar-refractivity contribution < 1.29 is 0 Å². The van der Waals surface area contributed by atoms with Gasteiger partial charge in [-0.25, -0.2) is 0 Å². The highest BCUT2D eigenvalue weighted by molar-refractivity contribution is 4.98. The Labute approximate surface area is 81.5 Å². The largest absolute Gasteiger partial charge is 0.303 e. The van der Waals surface area contributed by atoms with Gasteiger partial charge in [-0.3, -0.25) is 0 Å². The standard InChI is InChI=1S/C11H20N2/c1-10-4-6-11(7-5-10,8-9-12)13(2)3/h10H,4-8H2,1-3H3. The maximum absolute atomic E-state index is 8.82. The molecule has 0 radical (unpaired) electrons. The van der Waals surface area contributed by atoms with Gasteiger partial charge in [0.2, 0.25) is 0 Å². The number of rotatable bonds is 2. The lowest BCUT2D eigenvalue weighted by Gasteiger charge is -2.43. The Kier molecular flexibility index (Phi) is 3.33. The van der Waals surface area contributed by atoms with E-state index in [1.54, 1.807) is 0 Å². The van der Waals surface area contributed by atoms with Crippen LogP contribution in [0.5, 0.6) is 0 Å². The number of nitrogens with zero attached hydrogens (tertiary/aromatic N) is 2. The van der Waals surface area contributed by atoms with E-state index in [0.717, 1.165) is 5.92 Å². The summed E-state index contributed by atoms with van der Waals surface area (Å²) in [5.41, 5.74) is 0.182. The topological polar surface area (TPSA) is 27.0 Å². The normalized spacial score (nSPS) is 34.5. The van der Waals surface area contributed by atoms with Gasteiger partial charge in [0.25, 0.3) is 0 Å². The lowest BCUT2D eigenvalue weighted by Crippen LogP contribution is -2.46. The van der Waals surface area contributed by atoms with Gasteiger partial charge in [-0.2, -0.15) is 5.26 Å². The first kappa shape index (κ1) is 10.5. The van der Waals surface area contributed by atoms with E-state index in [0.29, 0.717) is 6.42 Å². The SMILES string of the molecule is CC1CCC(CC#N)(N(C)C)CC1. The van der Waals surface area contributed by atoms with Crippen LogP contribution in [0.2, 0.25) is 0 Å². The van der Waals surface area contributed by atoms with Crippen LogP contribution in [0.4, 0.5) is 0 Å². The van der Waals surface area contributed by atoms with Gasteiger partial charge in [-0.15, -0.1) is 0 Å². The van der Waals surface area contributed by atoms with Crippen LogP contribution in [-0.4, -0.2) is 24.5 Å². The third kappa shape index (κ3) is 2.22. The van der Waals surface area contributed by atoms with Crippen LogP contribution in [0, 0.1) is 17.2 Å². The molecule has 0 aromatic heterocycles. The lowest BCUT2D eigenvalue weighted by molar-refractivity contribution is 0.0873. The first-order valence-electron chi connectivity index (χ1n) is 5.15. The fraction of sp³-hybridized carbons (Fsp3) is 0.909. The monoisotopic (exact) mass is 180 g/mol. The zero-order valence-electron chi connectivity index (χ0n) is 9.01. The Balaban J connectivity index is 2.64. The van der Waals surface area contributed by atoms with E-state index in [1.165, 1.54) is 25.7 Å². The molecule has 1 saturated carbocycles. The fourth-order valence-electron chi connectivity index (χ4n) is 2.23. The Hall–Kier alpha value is -0.550. The fourth-order valence-corrected chi connectivity index (χ4v) is 2.23. The molecule has 2 heteroatoms. The Bertz CT molecular complexity index is 195. The first-order chi connectivity index (χ1) is 6.10. The van der Waals surface area contributed by atoms with Gasteiger partial charge in [-0.05, 0) is 45.7 Å². The maximum atomic E-state index is 8.82. The van der Waals surface area contributed by atoms with Crippen molar-refractivity contribution in [1.82, 2.24) is 4.90 Å². The van der Waals surface area contributed by atoms with Crippen molar-refractivity contribution in [3.05, 3.63) is 0 Å². The minimum absolute atomic E-state index is 0.182. The molecule has 0 heterocycles. The van der Waals surface area contributed by atoms with E-state index in [4.69, 9.17) is 5.26 Å². The van der Waals surface area contributed by atoms with Crippen LogP contribution in [0.25, 0.3) is 0 Å². The molecule has 1 aliphatic rings. The molecule has 13 heavy (non-hydrogen) atoms. The Morgan fingerprint density at radius 2 is 1.92 bits per heavy atom. The number of nitriles is 1. The van der Waals surface area contributed by atoms with E-state index in [-0.39, 0.29) is 5.54 Å². The molecule has 1 rings (SSSR count). The van der Waals surface area contributed by atoms with E-state index in [2.05, 4.69) is 32.0 Å². The minimum Gasteiger partial charge on any atom is -0.303 e. The van der Waals surface area contributed by atoms with Crippen molar-refractivity contribution in [3.63, 3.8) is 0 Å². The molecule has 0 bridgehead atoms. The van der Waals surface area contributed by atoms with Crippen molar-refractivity contribution in [3.8, 4) is 6.07 Å². The summed E-state index contributed by atoms with van der Waals surface area (Å²) in [5.74, 6) is 0.853. The average Bonchev–Trinajstić information content (AvgIpc) is 2.09. The molecule has 0 saturated heterocycles. The molecule has 0 N–H and O–H groups in total. The zero-order valence-corrected chi connectivity index (χ0v) is 9.01. The lowest BCUT2D eigenvalue weighted by atomic mass is 9.75. The van der Waals surface area contributed by atoms with Crippen LogP contribution >= 0.6 is 0 Å². The molecule has 0 spiro atoms. The van der Waals surface area contributed by atoms with E-state index in [1.807, 2.05) is 0 Å². The summed E-state index contributed by atoms with van der Waals surface area (Å²) in [7, 11) is 4.21.